The van der Waals surface area contributed by atoms with Gasteiger partial charge < -0.3 is 14.7 Å². The zero-order chi connectivity index (χ0) is 19.3. The number of aromatic nitrogens is 2. The molecule has 2 saturated heterocycles. The number of rotatable bonds is 4. The third-order valence-corrected chi connectivity index (χ3v) is 6.02. The molecule has 0 aliphatic carbocycles. The lowest BCUT2D eigenvalue weighted by Gasteiger charge is -2.38. The summed E-state index contributed by atoms with van der Waals surface area (Å²) in [6.07, 6.45) is 7.28. The van der Waals surface area contributed by atoms with Gasteiger partial charge in [0.1, 0.15) is 6.33 Å². The van der Waals surface area contributed by atoms with Crippen molar-refractivity contribution in [3.63, 3.8) is 0 Å². The molecule has 0 N–H and O–H groups in total. The van der Waals surface area contributed by atoms with Crippen LogP contribution in [0.2, 0.25) is 0 Å². The second-order valence-electron chi connectivity index (χ2n) is 8.05. The number of hydrogen-bond acceptors (Lipinski definition) is 5. The molecule has 1 aromatic heterocycles. The van der Waals surface area contributed by atoms with Crippen molar-refractivity contribution in [2.75, 3.05) is 52.9 Å². The molecule has 0 unspecified atom stereocenters. The van der Waals surface area contributed by atoms with Gasteiger partial charge in [-0.1, -0.05) is 12.1 Å². The lowest BCUT2D eigenvalue weighted by atomic mass is 9.95. The van der Waals surface area contributed by atoms with Gasteiger partial charge >= 0.3 is 0 Å². The number of likely N-dealkylation sites (N-methyl/N-ethyl adjacent to an activating group) is 1. The molecule has 6 heteroatoms. The average Bonchev–Trinajstić information content (AvgIpc) is 2.76. The highest BCUT2D eigenvalue weighted by molar-refractivity contribution is 5.95. The highest BCUT2D eigenvalue weighted by atomic mass is 16.2. The number of carbonyl (C=O) groups excluding carboxylic acids is 1. The highest BCUT2D eigenvalue weighted by Gasteiger charge is 2.26. The minimum Gasteiger partial charge on any atom is -0.339 e. The molecule has 148 valence electrons. The van der Waals surface area contributed by atoms with Gasteiger partial charge in [-0.05, 0) is 43.5 Å². The van der Waals surface area contributed by atoms with E-state index in [-0.39, 0.29) is 5.91 Å². The van der Waals surface area contributed by atoms with E-state index in [9.17, 15) is 4.79 Å². The maximum atomic E-state index is 13.0. The number of likely N-dealkylation sites (tertiary alicyclic amines) is 1. The normalized spacial score (nSPS) is 19.7. The highest BCUT2D eigenvalue weighted by Crippen LogP contribution is 2.23. The van der Waals surface area contributed by atoms with Gasteiger partial charge in [0, 0.05) is 69.3 Å². The van der Waals surface area contributed by atoms with Crippen molar-refractivity contribution in [3.8, 4) is 11.1 Å². The second kappa shape index (κ2) is 8.80. The third kappa shape index (κ3) is 4.56. The van der Waals surface area contributed by atoms with Gasteiger partial charge in [-0.2, -0.15) is 0 Å². The Hall–Kier alpha value is -2.31. The number of amides is 1. The van der Waals surface area contributed by atoms with Crippen LogP contribution >= 0.6 is 0 Å². The fourth-order valence-corrected chi connectivity index (χ4v) is 4.18. The van der Waals surface area contributed by atoms with E-state index < -0.39 is 0 Å². The molecule has 6 nitrogen and oxygen atoms in total. The number of piperidine rings is 1. The summed E-state index contributed by atoms with van der Waals surface area (Å²) < 4.78 is 0. The van der Waals surface area contributed by atoms with E-state index in [0.717, 1.165) is 42.6 Å². The quantitative estimate of drug-likeness (QED) is 0.816. The molecule has 0 bridgehead atoms. The summed E-state index contributed by atoms with van der Waals surface area (Å²) >= 11 is 0. The van der Waals surface area contributed by atoms with Crippen LogP contribution in [-0.4, -0.2) is 83.4 Å². The lowest BCUT2D eigenvalue weighted by molar-refractivity contribution is 0.0644. The molecule has 2 aliphatic rings. The van der Waals surface area contributed by atoms with Crippen molar-refractivity contribution in [2.24, 2.45) is 5.92 Å². The van der Waals surface area contributed by atoms with Gasteiger partial charge in [0.2, 0.25) is 0 Å². The van der Waals surface area contributed by atoms with E-state index >= 15 is 0 Å². The number of piperazine rings is 1. The van der Waals surface area contributed by atoms with Crippen molar-refractivity contribution in [1.82, 2.24) is 24.7 Å². The van der Waals surface area contributed by atoms with Gasteiger partial charge in [-0.25, -0.2) is 9.97 Å². The molecule has 28 heavy (non-hydrogen) atoms. The third-order valence-electron chi connectivity index (χ3n) is 6.02. The Morgan fingerprint density at radius 1 is 1.00 bits per heavy atom. The van der Waals surface area contributed by atoms with Gasteiger partial charge in [0.25, 0.3) is 5.91 Å². The van der Waals surface area contributed by atoms with Gasteiger partial charge in [-0.3, -0.25) is 4.79 Å². The maximum Gasteiger partial charge on any atom is 0.253 e. The molecule has 1 amide bonds. The van der Waals surface area contributed by atoms with Crippen LogP contribution in [0.5, 0.6) is 0 Å². The Bertz CT molecular complexity index is 781. The number of benzene rings is 1. The minimum absolute atomic E-state index is 0.136. The molecular weight excluding hydrogens is 350 g/mol. The van der Waals surface area contributed by atoms with E-state index in [1.165, 1.54) is 39.1 Å². The Kier molecular flexibility index (Phi) is 5.98. The fourth-order valence-electron chi connectivity index (χ4n) is 4.18. The second-order valence-corrected chi connectivity index (χ2v) is 8.05. The maximum absolute atomic E-state index is 13.0. The first-order valence-electron chi connectivity index (χ1n) is 10.2. The summed E-state index contributed by atoms with van der Waals surface area (Å²) in [6.45, 7) is 7.57. The van der Waals surface area contributed by atoms with Crippen LogP contribution in [0.4, 0.5) is 0 Å². The Morgan fingerprint density at radius 3 is 2.43 bits per heavy atom. The van der Waals surface area contributed by atoms with Crippen LogP contribution in [0.1, 0.15) is 23.2 Å². The Morgan fingerprint density at radius 2 is 1.71 bits per heavy atom. The van der Waals surface area contributed by atoms with Crippen LogP contribution in [-0.2, 0) is 0 Å². The van der Waals surface area contributed by atoms with Crippen molar-refractivity contribution in [3.05, 3.63) is 48.5 Å². The average molecular weight is 380 g/mol. The van der Waals surface area contributed by atoms with E-state index in [0.29, 0.717) is 5.92 Å². The summed E-state index contributed by atoms with van der Waals surface area (Å²) in [5.41, 5.74) is 2.67. The predicted molar refractivity (Wildman–Crippen MR) is 110 cm³/mol. The van der Waals surface area contributed by atoms with Crippen LogP contribution in [0.25, 0.3) is 11.1 Å². The van der Waals surface area contributed by atoms with Gasteiger partial charge in [0.05, 0.1) is 0 Å². The SMILES string of the molecule is CN1CCN(CC2CCN(C(=O)c3cccc(-c4cncnc4)c3)CC2)CC1. The predicted octanol–water partition coefficient (Wildman–Crippen LogP) is 2.24. The van der Waals surface area contributed by atoms with Crippen LogP contribution in [0.15, 0.2) is 43.0 Å². The summed E-state index contributed by atoms with van der Waals surface area (Å²) in [5, 5.41) is 0. The largest absolute Gasteiger partial charge is 0.339 e. The minimum atomic E-state index is 0.136. The number of carbonyl (C=O) groups is 1. The standard InChI is InChI=1S/C22H29N5O/c1-25-9-11-26(12-10-25)16-18-5-7-27(8-6-18)22(28)20-4-2-3-19(13-20)21-14-23-17-24-15-21/h2-4,13-15,17-18H,5-12,16H2,1H3. The first kappa shape index (κ1) is 19.0. The smallest absolute Gasteiger partial charge is 0.253 e. The van der Waals surface area contributed by atoms with E-state index in [1.54, 1.807) is 12.4 Å². The zero-order valence-electron chi connectivity index (χ0n) is 16.6. The van der Waals surface area contributed by atoms with Crippen LogP contribution < -0.4 is 0 Å². The fraction of sp³-hybridized carbons (Fsp3) is 0.500. The first-order valence-corrected chi connectivity index (χ1v) is 10.2. The lowest BCUT2D eigenvalue weighted by Crippen LogP contribution is -2.48. The molecule has 0 spiro atoms. The van der Waals surface area contributed by atoms with Gasteiger partial charge in [-0.15, -0.1) is 0 Å². The Labute approximate surface area is 167 Å². The topological polar surface area (TPSA) is 52.6 Å². The molecule has 0 atom stereocenters. The molecule has 1 aromatic carbocycles. The summed E-state index contributed by atoms with van der Waals surface area (Å²) in [6, 6.07) is 7.80. The Balaban J connectivity index is 1.33. The van der Waals surface area contributed by atoms with Crippen molar-refractivity contribution in [1.29, 1.82) is 0 Å². The van der Waals surface area contributed by atoms with Crippen LogP contribution in [0.3, 0.4) is 0 Å². The molecule has 0 saturated carbocycles. The van der Waals surface area contributed by atoms with Crippen LogP contribution in [0, 0.1) is 5.92 Å². The van der Waals surface area contributed by atoms with E-state index in [2.05, 4.69) is 26.8 Å². The molecule has 2 fully saturated rings. The summed E-state index contributed by atoms with van der Waals surface area (Å²) in [7, 11) is 2.20. The van der Waals surface area contributed by atoms with E-state index in [1.807, 2.05) is 29.2 Å². The van der Waals surface area contributed by atoms with Crippen molar-refractivity contribution in [2.45, 2.75) is 12.8 Å². The number of hydrogen-bond donors (Lipinski definition) is 0. The van der Waals surface area contributed by atoms with Crippen molar-refractivity contribution < 1.29 is 4.79 Å². The van der Waals surface area contributed by atoms with Crippen molar-refractivity contribution >= 4 is 5.91 Å². The molecule has 0 radical (unpaired) electrons. The zero-order valence-corrected chi connectivity index (χ0v) is 16.6. The van der Waals surface area contributed by atoms with Gasteiger partial charge in [0.15, 0.2) is 0 Å². The summed E-state index contributed by atoms with van der Waals surface area (Å²) in [5.74, 6) is 0.844. The molecule has 4 rings (SSSR count). The molecule has 2 aromatic rings. The molecule has 3 heterocycles. The first-order chi connectivity index (χ1) is 13.7. The monoisotopic (exact) mass is 379 g/mol. The number of nitrogens with zero attached hydrogens (tertiary/aromatic N) is 5. The van der Waals surface area contributed by atoms with E-state index in [4.69, 9.17) is 0 Å². The summed E-state index contributed by atoms with van der Waals surface area (Å²) in [4.78, 5) is 28.1. The molecular formula is C22H29N5O. The molecule has 2 aliphatic heterocycles.